The van der Waals surface area contributed by atoms with Gasteiger partial charge in [0.15, 0.2) is 17.5 Å². The maximum absolute atomic E-state index is 5.64. The van der Waals surface area contributed by atoms with Crippen LogP contribution in [0.1, 0.15) is 18.6 Å². The molecule has 6 heteroatoms. The van der Waals surface area contributed by atoms with Gasteiger partial charge in [-0.2, -0.15) is 0 Å². The zero-order valence-electron chi connectivity index (χ0n) is 9.43. The number of rotatable bonds is 3. The molecule has 0 saturated carbocycles. The molecule has 3 aliphatic rings. The van der Waals surface area contributed by atoms with E-state index in [1.54, 1.807) is 6.07 Å². The standard InChI is InChI=1S/C11H14ClN3O2/c12-11-5-9(17-14-11)7-16-13-10-6-15-3-1-8(10)2-4-15/h5,8H,1-4,6-7H2/b13-10-. The topological polar surface area (TPSA) is 50.9 Å². The van der Waals surface area contributed by atoms with Crippen LogP contribution in [0.2, 0.25) is 5.15 Å². The van der Waals surface area contributed by atoms with Gasteiger partial charge in [-0.05, 0) is 25.9 Å². The van der Waals surface area contributed by atoms with Crippen molar-refractivity contribution in [3.63, 3.8) is 0 Å². The molecule has 0 spiro atoms. The highest BCUT2D eigenvalue weighted by molar-refractivity contribution is 6.29. The van der Waals surface area contributed by atoms with Gasteiger partial charge in [0.05, 0.1) is 5.71 Å². The Balaban J connectivity index is 1.56. The Labute approximate surface area is 104 Å². The number of nitrogens with zero attached hydrogens (tertiary/aromatic N) is 3. The lowest BCUT2D eigenvalue weighted by molar-refractivity contribution is 0.100. The third-order valence-electron chi connectivity index (χ3n) is 3.36. The number of hydrogen-bond donors (Lipinski definition) is 0. The summed E-state index contributed by atoms with van der Waals surface area (Å²) >= 11 is 5.64. The van der Waals surface area contributed by atoms with Gasteiger partial charge in [-0.25, -0.2) is 0 Å². The van der Waals surface area contributed by atoms with Crippen LogP contribution in [0.3, 0.4) is 0 Å². The molecule has 0 radical (unpaired) electrons. The Bertz CT molecular complexity index is 424. The first-order valence-electron chi connectivity index (χ1n) is 5.83. The molecule has 5 nitrogen and oxygen atoms in total. The van der Waals surface area contributed by atoms with Crippen LogP contribution < -0.4 is 0 Å². The summed E-state index contributed by atoms with van der Waals surface area (Å²) in [4.78, 5) is 7.70. The monoisotopic (exact) mass is 255 g/mol. The van der Waals surface area contributed by atoms with Crippen molar-refractivity contribution in [1.82, 2.24) is 10.1 Å². The van der Waals surface area contributed by atoms with Gasteiger partial charge in [0.2, 0.25) is 0 Å². The van der Waals surface area contributed by atoms with Crippen molar-refractivity contribution < 1.29 is 9.36 Å². The van der Waals surface area contributed by atoms with E-state index < -0.39 is 0 Å². The number of halogens is 1. The Hall–Kier alpha value is -1.07. The van der Waals surface area contributed by atoms with E-state index >= 15 is 0 Å². The van der Waals surface area contributed by atoms with E-state index in [9.17, 15) is 0 Å². The van der Waals surface area contributed by atoms with Gasteiger partial charge in [0, 0.05) is 18.5 Å². The van der Waals surface area contributed by atoms with Crippen molar-refractivity contribution in [3.8, 4) is 0 Å². The summed E-state index contributed by atoms with van der Waals surface area (Å²) in [6, 6.07) is 1.64. The van der Waals surface area contributed by atoms with Gasteiger partial charge < -0.3 is 9.36 Å². The van der Waals surface area contributed by atoms with Gasteiger partial charge in [-0.3, -0.25) is 4.90 Å². The average Bonchev–Trinajstić information content (AvgIpc) is 2.77. The van der Waals surface area contributed by atoms with E-state index in [2.05, 4.69) is 15.2 Å². The summed E-state index contributed by atoms with van der Waals surface area (Å²) in [5, 5.41) is 8.13. The lowest BCUT2D eigenvalue weighted by atomic mass is 9.87. The Morgan fingerprint density at radius 2 is 2.35 bits per heavy atom. The molecule has 1 aromatic rings. The summed E-state index contributed by atoms with van der Waals surface area (Å²) in [6.07, 6.45) is 2.41. The number of oxime groups is 1. The predicted octanol–water partition coefficient (Wildman–Crippen LogP) is 1.93. The van der Waals surface area contributed by atoms with Crippen LogP contribution in [0.5, 0.6) is 0 Å². The van der Waals surface area contributed by atoms with E-state index in [1.807, 2.05) is 0 Å². The van der Waals surface area contributed by atoms with Crippen LogP contribution in [0, 0.1) is 5.92 Å². The highest BCUT2D eigenvalue weighted by Crippen LogP contribution is 2.25. The molecule has 2 bridgehead atoms. The minimum atomic E-state index is 0.288. The molecule has 4 rings (SSSR count). The van der Waals surface area contributed by atoms with Crippen molar-refractivity contribution >= 4 is 17.3 Å². The second-order valence-electron chi connectivity index (χ2n) is 4.52. The molecule has 0 N–H and O–H groups in total. The molecule has 3 fully saturated rings. The van der Waals surface area contributed by atoms with E-state index in [4.69, 9.17) is 21.0 Å². The van der Waals surface area contributed by atoms with Crippen molar-refractivity contribution in [3.05, 3.63) is 17.0 Å². The maximum Gasteiger partial charge on any atom is 0.178 e. The third-order valence-corrected chi connectivity index (χ3v) is 3.54. The molecule has 0 aromatic carbocycles. The van der Waals surface area contributed by atoms with Crippen molar-refractivity contribution in [1.29, 1.82) is 0 Å². The van der Waals surface area contributed by atoms with Crippen LogP contribution >= 0.6 is 11.6 Å². The number of fused-ring (bicyclic) bond motifs is 3. The van der Waals surface area contributed by atoms with E-state index in [0.717, 1.165) is 12.3 Å². The second kappa shape index (κ2) is 4.66. The molecule has 3 aliphatic heterocycles. The van der Waals surface area contributed by atoms with E-state index in [0.29, 0.717) is 16.8 Å². The van der Waals surface area contributed by atoms with Gasteiger partial charge in [0.25, 0.3) is 0 Å². The van der Waals surface area contributed by atoms with Crippen LogP contribution in [0.4, 0.5) is 0 Å². The number of aromatic nitrogens is 1. The summed E-state index contributed by atoms with van der Waals surface area (Å²) < 4.78 is 4.93. The van der Waals surface area contributed by atoms with Crippen molar-refractivity contribution in [2.45, 2.75) is 19.4 Å². The summed E-state index contributed by atoms with van der Waals surface area (Å²) in [7, 11) is 0. The largest absolute Gasteiger partial charge is 0.387 e. The highest BCUT2D eigenvalue weighted by Gasteiger charge is 2.31. The fourth-order valence-electron chi connectivity index (χ4n) is 2.42. The van der Waals surface area contributed by atoms with Gasteiger partial charge in [-0.1, -0.05) is 21.9 Å². The van der Waals surface area contributed by atoms with Crippen LogP contribution in [0.25, 0.3) is 0 Å². The molecule has 17 heavy (non-hydrogen) atoms. The first-order chi connectivity index (χ1) is 8.31. The van der Waals surface area contributed by atoms with E-state index in [1.165, 1.54) is 25.9 Å². The minimum Gasteiger partial charge on any atom is -0.387 e. The van der Waals surface area contributed by atoms with Crippen LogP contribution in [-0.2, 0) is 11.4 Å². The molecule has 3 saturated heterocycles. The first-order valence-corrected chi connectivity index (χ1v) is 6.21. The summed E-state index contributed by atoms with van der Waals surface area (Å²) in [5.41, 5.74) is 1.16. The minimum absolute atomic E-state index is 0.288. The lowest BCUT2D eigenvalue weighted by Crippen LogP contribution is -2.47. The first kappa shape index (κ1) is 11.0. The summed E-state index contributed by atoms with van der Waals surface area (Å²) in [6.45, 7) is 3.63. The smallest absolute Gasteiger partial charge is 0.178 e. The Kier molecular flexibility index (Phi) is 3.03. The van der Waals surface area contributed by atoms with Crippen molar-refractivity contribution in [2.75, 3.05) is 19.6 Å². The molecule has 1 aromatic heterocycles. The number of piperidine rings is 3. The highest BCUT2D eigenvalue weighted by atomic mass is 35.5. The molecule has 0 amide bonds. The zero-order chi connectivity index (χ0) is 11.7. The quantitative estimate of drug-likeness (QED) is 0.775. The fraction of sp³-hybridized carbons (Fsp3) is 0.636. The molecule has 0 unspecified atom stereocenters. The fourth-order valence-corrected chi connectivity index (χ4v) is 2.58. The maximum atomic E-state index is 5.64. The molecular formula is C11H14ClN3O2. The van der Waals surface area contributed by atoms with Crippen molar-refractivity contribution in [2.24, 2.45) is 11.1 Å². The third kappa shape index (κ3) is 2.45. The number of hydrogen-bond acceptors (Lipinski definition) is 5. The van der Waals surface area contributed by atoms with Gasteiger partial charge in [0.1, 0.15) is 0 Å². The molecule has 92 valence electrons. The Morgan fingerprint density at radius 1 is 1.53 bits per heavy atom. The van der Waals surface area contributed by atoms with Gasteiger partial charge in [-0.15, -0.1) is 0 Å². The summed E-state index contributed by atoms with van der Waals surface area (Å²) in [5.74, 6) is 1.21. The predicted molar refractivity (Wildman–Crippen MR) is 62.9 cm³/mol. The van der Waals surface area contributed by atoms with Gasteiger partial charge >= 0.3 is 0 Å². The SMILES string of the molecule is Clc1cc(CO/N=C2/CN3CCC2CC3)on1. The molecular weight excluding hydrogens is 242 g/mol. The molecule has 0 atom stereocenters. The van der Waals surface area contributed by atoms with Crippen LogP contribution in [-0.4, -0.2) is 35.4 Å². The lowest BCUT2D eigenvalue weighted by Gasteiger charge is -2.39. The normalized spacial score (nSPS) is 29.8. The van der Waals surface area contributed by atoms with E-state index in [-0.39, 0.29) is 6.61 Å². The second-order valence-corrected chi connectivity index (χ2v) is 4.91. The molecule has 0 aliphatic carbocycles. The Morgan fingerprint density at radius 3 is 2.94 bits per heavy atom. The average molecular weight is 256 g/mol. The molecule has 4 heterocycles. The zero-order valence-corrected chi connectivity index (χ0v) is 10.2. The van der Waals surface area contributed by atoms with Crippen LogP contribution in [0.15, 0.2) is 15.7 Å².